The Morgan fingerprint density at radius 1 is 1.53 bits per heavy atom. The van der Waals surface area contributed by atoms with Crippen LogP contribution in [0, 0.1) is 0 Å². The van der Waals surface area contributed by atoms with Crippen LogP contribution in [-0.2, 0) is 7.05 Å². The van der Waals surface area contributed by atoms with Crippen molar-refractivity contribution in [2.24, 2.45) is 7.05 Å². The number of aryl methyl sites for hydroxylation is 1. The van der Waals surface area contributed by atoms with Crippen LogP contribution < -0.4 is 0 Å². The molecule has 5 nitrogen and oxygen atoms in total. The van der Waals surface area contributed by atoms with Crippen LogP contribution in [0.25, 0.3) is 0 Å². The van der Waals surface area contributed by atoms with Crippen LogP contribution in [0.3, 0.4) is 0 Å². The van der Waals surface area contributed by atoms with Gasteiger partial charge in [0, 0.05) is 19.6 Å². The molecule has 1 aliphatic rings. The normalized spacial score (nSPS) is 21.7. The van der Waals surface area contributed by atoms with E-state index in [4.69, 9.17) is 0 Å². The Balaban J connectivity index is 2.13. The van der Waals surface area contributed by atoms with E-state index in [1.165, 1.54) is 6.42 Å². The fourth-order valence-corrected chi connectivity index (χ4v) is 1.99. The van der Waals surface area contributed by atoms with Crippen LogP contribution in [0.5, 0.6) is 0 Å². The van der Waals surface area contributed by atoms with Gasteiger partial charge in [-0.05, 0) is 26.2 Å². The smallest absolute Gasteiger partial charge is 0.276 e. The van der Waals surface area contributed by atoms with Crippen LogP contribution in [0.15, 0.2) is 6.20 Å². The summed E-state index contributed by atoms with van der Waals surface area (Å²) in [6.07, 6.45) is 5.07. The Kier molecular flexibility index (Phi) is 2.70. The van der Waals surface area contributed by atoms with Crippen molar-refractivity contribution in [3.63, 3.8) is 0 Å². The van der Waals surface area contributed by atoms with E-state index < -0.39 is 0 Å². The number of carbonyl (C=O) groups excluding carboxylic acids is 1. The second-order valence-electron chi connectivity index (χ2n) is 4.12. The number of rotatable bonds is 1. The highest BCUT2D eigenvalue weighted by molar-refractivity contribution is 5.92. The van der Waals surface area contributed by atoms with Gasteiger partial charge in [-0.15, -0.1) is 5.10 Å². The topological polar surface area (TPSA) is 51.0 Å². The molecule has 1 amide bonds. The van der Waals surface area contributed by atoms with Crippen LogP contribution in [0.1, 0.15) is 36.7 Å². The van der Waals surface area contributed by atoms with Crippen LogP contribution in [0.2, 0.25) is 0 Å². The molecule has 2 rings (SSSR count). The van der Waals surface area contributed by atoms with Crippen LogP contribution >= 0.6 is 0 Å². The van der Waals surface area contributed by atoms with Crippen LogP contribution in [-0.4, -0.2) is 38.4 Å². The van der Waals surface area contributed by atoms with Gasteiger partial charge in [0.25, 0.3) is 5.91 Å². The monoisotopic (exact) mass is 208 g/mol. The molecule has 0 N–H and O–H groups in total. The molecular weight excluding hydrogens is 192 g/mol. The maximum absolute atomic E-state index is 12.0. The zero-order valence-corrected chi connectivity index (χ0v) is 9.18. The Morgan fingerprint density at radius 2 is 2.33 bits per heavy atom. The first kappa shape index (κ1) is 10.1. The molecule has 0 radical (unpaired) electrons. The highest BCUT2D eigenvalue weighted by Gasteiger charge is 2.25. The number of carbonyl (C=O) groups is 1. The first-order valence-corrected chi connectivity index (χ1v) is 5.36. The third-order valence-electron chi connectivity index (χ3n) is 2.89. The summed E-state index contributed by atoms with van der Waals surface area (Å²) < 4.78 is 1.56. The molecule has 15 heavy (non-hydrogen) atoms. The van der Waals surface area contributed by atoms with Gasteiger partial charge in [0.1, 0.15) is 0 Å². The summed E-state index contributed by atoms with van der Waals surface area (Å²) in [5.41, 5.74) is 0.450. The number of nitrogens with zero attached hydrogens (tertiary/aromatic N) is 4. The zero-order chi connectivity index (χ0) is 10.8. The summed E-state index contributed by atoms with van der Waals surface area (Å²) in [5, 5.41) is 7.62. The number of aromatic nitrogens is 3. The summed E-state index contributed by atoms with van der Waals surface area (Å²) in [4.78, 5) is 13.9. The molecule has 0 spiro atoms. The molecule has 2 heterocycles. The lowest BCUT2D eigenvalue weighted by Gasteiger charge is -2.32. The number of hydrogen-bond donors (Lipinski definition) is 0. The van der Waals surface area contributed by atoms with Gasteiger partial charge in [-0.1, -0.05) is 5.21 Å². The van der Waals surface area contributed by atoms with Gasteiger partial charge in [-0.25, -0.2) is 0 Å². The standard InChI is InChI=1S/C10H16N4O/c1-8-5-3-4-6-14(8)10(15)9-7-13(2)12-11-9/h7-8H,3-6H2,1-2H3. The summed E-state index contributed by atoms with van der Waals surface area (Å²) >= 11 is 0. The lowest BCUT2D eigenvalue weighted by Crippen LogP contribution is -2.42. The van der Waals surface area contributed by atoms with E-state index in [1.54, 1.807) is 17.9 Å². The quantitative estimate of drug-likeness (QED) is 0.687. The van der Waals surface area contributed by atoms with Gasteiger partial charge in [0.15, 0.2) is 5.69 Å². The largest absolute Gasteiger partial charge is 0.335 e. The van der Waals surface area contributed by atoms with E-state index in [9.17, 15) is 4.79 Å². The second-order valence-corrected chi connectivity index (χ2v) is 4.12. The molecule has 1 aromatic rings. The first-order chi connectivity index (χ1) is 7.18. The first-order valence-electron chi connectivity index (χ1n) is 5.36. The minimum absolute atomic E-state index is 0.00954. The van der Waals surface area contributed by atoms with E-state index in [1.807, 2.05) is 4.90 Å². The van der Waals surface area contributed by atoms with E-state index >= 15 is 0 Å². The summed E-state index contributed by atoms with van der Waals surface area (Å²) in [6, 6.07) is 0.327. The maximum atomic E-state index is 12.0. The van der Waals surface area contributed by atoms with Gasteiger partial charge in [0.05, 0.1) is 6.20 Å². The molecule has 1 aliphatic heterocycles. The predicted octanol–water partition coefficient (Wildman–Crippen LogP) is 0.830. The molecule has 0 aromatic carbocycles. The van der Waals surface area contributed by atoms with Crippen molar-refractivity contribution in [2.45, 2.75) is 32.2 Å². The van der Waals surface area contributed by atoms with E-state index in [0.29, 0.717) is 11.7 Å². The molecule has 0 aliphatic carbocycles. The number of hydrogen-bond acceptors (Lipinski definition) is 3. The van der Waals surface area contributed by atoms with E-state index in [0.717, 1.165) is 19.4 Å². The number of amides is 1. The molecule has 0 saturated carbocycles. The average Bonchev–Trinajstić information content (AvgIpc) is 2.65. The van der Waals surface area contributed by atoms with Crippen molar-refractivity contribution in [2.75, 3.05) is 6.54 Å². The van der Waals surface area contributed by atoms with Gasteiger partial charge in [-0.2, -0.15) is 0 Å². The molecule has 1 unspecified atom stereocenters. The van der Waals surface area contributed by atoms with Crippen molar-refractivity contribution in [1.82, 2.24) is 19.9 Å². The SMILES string of the molecule is CC1CCCCN1C(=O)c1cn(C)nn1. The number of likely N-dealkylation sites (tertiary alicyclic amines) is 1. The third-order valence-corrected chi connectivity index (χ3v) is 2.89. The van der Waals surface area contributed by atoms with E-state index in [-0.39, 0.29) is 5.91 Å². The molecule has 1 fully saturated rings. The molecule has 5 heteroatoms. The maximum Gasteiger partial charge on any atom is 0.276 e. The van der Waals surface area contributed by atoms with E-state index in [2.05, 4.69) is 17.2 Å². The lowest BCUT2D eigenvalue weighted by molar-refractivity contribution is 0.0629. The average molecular weight is 208 g/mol. The molecular formula is C10H16N4O. The molecule has 1 aromatic heterocycles. The second kappa shape index (κ2) is 4.00. The van der Waals surface area contributed by atoms with Gasteiger partial charge in [-0.3, -0.25) is 9.48 Å². The Morgan fingerprint density at radius 3 is 2.93 bits per heavy atom. The summed E-state index contributed by atoms with van der Waals surface area (Å²) in [5.74, 6) is 0.00954. The van der Waals surface area contributed by atoms with Gasteiger partial charge in [0.2, 0.25) is 0 Å². The number of piperidine rings is 1. The third kappa shape index (κ3) is 2.00. The molecule has 1 atom stereocenters. The summed E-state index contributed by atoms with van der Waals surface area (Å²) in [7, 11) is 1.77. The van der Waals surface area contributed by atoms with Crippen molar-refractivity contribution in [1.29, 1.82) is 0 Å². The van der Waals surface area contributed by atoms with Gasteiger partial charge >= 0.3 is 0 Å². The van der Waals surface area contributed by atoms with Crippen molar-refractivity contribution < 1.29 is 4.79 Å². The molecule has 82 valence electrons. The molecule has 1 saturated heterocycles. The Labute approximate surface area is 89.1 Å². The summed E-state index contributed by atoms with van der Waals surface area (Å²) in [6.45, 7) is 2.93. The van der Waals surface area contributed by atoms with Gasteiger partial charge < -0.3 is 4.90 Å². The lowest BCUT2D eigenvalue weighted by atomic mass is 10.0. The fourth-order valence-electron chi connectivity index (χ4n) is 1.99. The highest BCUT2D eigenvalue weighted by Crippen LogP contribution is 2.18. The van der Waals surface area contributed by atoms with Crippen molar-refractivity contribution >= 4 is 5.91 Å². The van der Waals surface area contributed by atoms with Crippen molar-refractivity contribution in [3.8, 4) is 0 Å². The molecule has 0 bridgehead atoms. The fraction of sp³-hybridized carbons (Fsp3) is 0.700. The Bertz CT molecular complexity index is 360. The zero-order valence-electron chi connectivity index (χ0n) is 9.18. The predicted molar refractivity (Wildman–Crippen MR) is 55.4 cm³/mol. The Hall–Kier alpha value is -1.39. The minimum Gasteiger partial charge on any atom is -0.335 e. The van der Waals surface area contributed by atoms with Crippen LogP contribution in [0.4, 0.5) is 0 Å². The van der Waals surface area contributed by atoms with Crippen molar-refractivity contribution in [3.05, 3.63) is 11.9 Å². The highest BCUT2D eigenvalue weighted by atomic mass is 16.2. The minimum atomic E-state index is 0.00954.